The summed E-state index contributed by atoms with van der Waals surface area (Å²) in [6, 6.07) is 11.2. The number of carbonyl (C=O) groups is 1. The molecule has 0 radical (unpaired) electrons. The number of hydrogen-bond acceptors (Lipinski definition) is 4. The predicted octanol–water partition coefficient (Wildman–Crippen LogP) is 2.28. The zero-order chi connectivity index (χ0) is 18.7. The Morgan fingerprint density at radius 2 is 1.92 bits per heavy atom. The van der Waals surface area contributed by atoms with E-state index in [0.717, 1.165) is 41.2 Å². The van der Waals surface area contributed by atoms with E-state index in [-0.39, 0.29) is 5.91 Å². The number of methoxy groups -OCH3 is 1. The Bertz CT molecular complexity index is 911. The van der Waals surface area contributed by atoms with E-state index in [2.05, 4.69) is 5.32 Å². The lowest BCUT2D eigenvalue weighted by molar-refractivity contribution is -0.125. The van der Waals surface area contributed by atoms with Gasteiger partial charge in [0.05, 0.1) is 13.4 Å². The minimum atomic E-state index is -3.38. The number of ether oxygens (including phenoxy) is 1. The molecule has 6 nitrogen and oxygen atoms in total. The molecule has 0 aliphatic carbocycles. The molecule has 0 bridgehead atoms. The highest BCUT2D eigenvalue weighted by atomic mass is 32.2. The van der Waals surface area contributed by atoms with Crippen LogP contribution >= 0.6 is 0 Å². The van der Waals surface area contributed by atoms with E-state index < -0.39 is 16.1 Å². The summed E-state index contributed by atoms with van der Waals surface area (Å²) in [6.07, 6.45) is 3.39. The predicted molar refractivity (Wildman–Crippen MR) is 102 cm³/mol. The standard InChI is InChI=1S/C19H24N2O4S/c1-25-17-9-8-15-11-14(6-7-16(15)12-17)13-20-19(22)18-5-3-4-10-21(18)26(2,23)24/h6-9,11-12,18H,3-5,10,13H2,1-2H3,(H,20,22). The number of rotatable bonds is 5. The second-order valence-corrected chi connectivity index (χ2v) is 8.59. The van der Waals surface area contributed by atoms with E-state index in [1.807, 2.05) is 36.4 Å². The van der Waals surface area contributed by atoms with Crippen molar-refractivity contribution in [1.29, 1.82) is 0 Å². The Kier molecular flexibility index (Phi) is 5.48. The van der Waals surface area contributed by atoms with Gasteiger partial charge in [-0.05, 0) is 47.4 Å². The number of nitrogens with zero attached hydrogens (tertiary/aromatic N) is 1. The molecule has 1 fully saturated rings. The van der Waals surface area contributed by atoms with Gasteiger partial charge in [-0.3, -0.25) is 4.79 Å². The van der Waals surface area contributed by atoms with Crippen LogP contribution in [0.15, 0.2) is 36.4 Å². The number of carbonyl (C=O) groups excluding carboxylic acids is 1. The molecule has 1 atom stereocenters. The third kappa shape index (κ3) is 4.16. The highest BCUT2D eigenvalue weighted by molar-refractivity contribution is 7.88. The van der Waals surface area contributed by atoms with Crippen LogP contribution in [0.3, 0.4) is 0 Å². The van der Waals surface area contributed by atoms with E-state index in [1.165, 1.54) is 4.31 Å². The first kappa shape index (κ1) is 18.7. The second-order valence-electron chi connectivity index (χ2n) is 6.65. The summed E-state index contributed by atoms with van der Waals surface area (Å²) in [5.74, 6) is 0.571. The van der Waals surface area contributed by atoms with Gasteiger partial charge in [0.1, 0.15) is 11.8 Å². The van der Waals surface area contributed by atoms with Crippen LogP contribution in [0.2, 0.25) is 0 Å². The minimum absolute atomic E-state index is 0.232. The molecule has 0 spiro atoms. The average molecular weight is 376 g/mol. The molecule has 140 valence electrons. The van der Waals surface area contributed by atoms with E-state index in [9.17, 15) is 13.2 Å². The summed E-state index contributed by atoms with van der Waals surface area (Å²) in [5.41, 5.74) is 0.970. The van der Waals surface area contributed by atoms with Crippen molar-refractivity contribution < 1.29 is 17.9 Å². The van der Waals surface area contributed by atoms with Gasteiger partial charge in [0.25, 0.3) is 0 Å². The van der Waals surface area contributed by atoms with Gasteiger partial charge in [0, 0.05) is 13.1 Å². The van der Waals surface area contributed by atoms with Gasteiger partial charge in [-0.25, -0.2) is 8.42 Å². The molecule has 1 unspecified atom stereocenters. The SMILES string of the molecule is COc1ccc2cc(CNC(=O)C3CCCCN3S(C)(=O)=O)ccc2c1. The molecule has 7 heteroatoms. The number of benzene rings is 2. The van der Waals surface area contributed by atoms with Crippen LogP contribution in [0.4, 0.5) is 0 Å². The zero-order valence-electron chi connectivity index (χ0n) is 15.1. The molecule has 2 aromatic carbocycles. The van der Waals surface area contributed by atoms with Gasteiger partial charge in [-0.2, -0.15) is 4.31 Å². The second kappa shape index (κ2) is 7.63. The molecule has 3 rings (SSSR count). The van der Waals surface area contributed by atoms with Crippen molar-refractivity contribution in [3.05, 3.63) is 42.0 Å². The Balaban J connectivity index is 1.69. The first-order chi connectivity index (χ1) is 12.4. The Morgan fingerprint density at radius 1 is 1.19 bits per heavy atom. The monoisotopic (exact) mass is 376 g/mol. The van der Waals surface area contributed by atoms with Gasteiger partial charge in [0.15, 0.2) is 0 Å². The molecule has 0 aromatic heterocycles. The van der Waals surface area contributed by atoms with Crippen LogP contribution in [0, 0.1) is 0 Å². The van der Waals surface area contributed by atoms with Crippen molar-refractivity contribution in [3.63, 3.8) is 0 Å². The average Bonchev–Trinajstić information content (AvgIpc) is 2.64. The molecular weight excluding hydrogens is 352 g/mol. The van der Waals surface area contributed by atoms with Gasteiger partial charge in [-0.1, -0.05) is 24.6 Å². The van der Waals surface area contributed by atoms with E-state index in [0.29, 0.717) is 19.5 Å². The Labute approximate surface area is 154 Å². The van der Waals surface area contributed by atoms with Crippen molar-refractivity contribution in [1.82, 2.24) is 9.62 Å². The first-order valence-electron chi connectivity index (χ1n) is 8.70. The lowest BCUT2D eigenvalue weighted by atomic mass is 10.0. The fraction of sp³-hybridized carbons (Fsp3) is 0.421. The maximum atomic E-state index is 12.5. The number of fused-ring (bicyclic) bond motifs is 1. The lowest BCUT2D eigenvalue weighted by Gasteiger charge is -2.32. The van der Waals surface area contributed by atoms with Gasteiger partial charge < -0.3 is 10.1 Å². The number of sulfonamides is 1. The van der Waals surface area contributed by atoms with E-state index >= 15 is 0 Å². The number of nitrogens with one attached hydrogen (secondary N) is 1. The van der Waals surface area contributed by atoms with E-state index in [4.69, 9.17) is 4.74 Å². The van der Waals surface area contributed by atoms with Gasteiger partial charge in [0.2, 0.25) is 15.9 Å². The summed E-state index contributed by atoms with van der Waals surface area (Å²) in [4.78, 5) is 12.5. The maximum Gasteiger partial charge on any atom is 0.238 e. The highest BCUT2D eigenvalue weighted by Crippen LogP contribution is 2.23. The van der Waals surface area contributed by atoms with Gasteiger partial charge in [-0.15, -0.1) is 0 Å². The third-order valence-electron chi connectivity index (χ3n) is 4.76. The summed E-state index contributed by atoms with van der Waals surface area (Å²) < 4.78 is 30.4. The fourth-order valence-corrected chi connectivity index (χ4v) is 4.51. The molecule has 26 heavy (non-hydrogen) atoms. The third-order valence-corrected chi connectivity index (χ3v) is 6.05. The van der Waals surface area contributed by atoms with Crippen LogP contribution in [0.1, 0.15) is 24.8 Å². The minimum Gasteiger partial charge on any atom is -0.497 e. The summed E-state index contributed by atoms with van der Waals surface area (Å²) >= 11 is 0. The molecule has 1 heterocycles. The topological polar surface area (TPSA) is 75.7 Å². The Morgan fingerprint density at radius 3 is 2.65 bits per heavy atom. The van der Waals surface area contributed by atoms with Crippen LogP contribution < -0.4 is 10.1 Å². The summed E-state index contributed by atoms with van der Waals surface area (Å²) in [7, 11) is -1.74. The van der Waals surface area contributed by atoms with Crippen molar-refractivity contribution >= 4 is 26.7 Å². The molecule has 1 N–H and O–H groups in total. The maximum absolute atomic E-state index is 12.5. The van der Waals surface area contributed by atoms with Crippen LogP contribution in [0.25, 0.3) is 10.8 Å². The van der Waals surface area contributed by atoms with Crippen molar-refractivity contribution in [2.75, 3.05) is 19.9 Å². The summed E-state index contributed by atoms with van der Waals surface area (Å²) in [5, 5.41) is 5.02. The van der Waals surface area contributed by atoms with Gasteiger partial charge >= 0.3 is 0 Å². The first-order valence-corrected chi connectivity index (χ1v) is 10.5. The molecular formula is C19H24N2O4S. The quantitative estimate of drug-likeness (QED) is 0.869. The van der Waals surface area contributed by atoms with Crippen molar-refractivity contribution in [2.45, 2.75) is 31.8 Å². The molecule has 2 aromatic rings. The molecule has 1 aliphatic heterocycles. The van der Waals surface area contributed by atoms with Crippen molar-refractivity contribution in [3.8, 4) is 5.75 Å². The molecule has 0 saturated carbocycles. The van der Waals surface area contributed by atoms with E-state index in [1.54, 1.807) is 7.11 Å². The largest absolute Gasteiger partial charge is 0.497 e. The Hall–Kier alpha value is -2.12. The summed E-state index contributed by atoms with van der Waals surface area (Å²) in [6.45, 7) is 0.781. The molecule has 1 aliphatic rings. The van der Waals surface area contributed by atoms with Crippen LogP contribution in [-0.2, 0) is 21.4 Å². The normalized spacial score (nSPS) is 18.6. The van der Waals surface area contributed by atoms with Crippen LogP contribution in [-0.4, -0.2) is 44.6 Å². The van der Waals surface area contributed by atoms with Crippen LogP contribution in [0.5, 0.6) is 5.75 Å². The molecule has 1 saturated heterocycles. The number of amides is 1. The highest BCUT2D eigenvalue weighted by Gasteiger charge is 2.34. The number of hydrogen-bond donors (Lipinski definition) is 1. The van der Waals surface area contributed by atoms with Crippen molar-refractivity contribution in [2.24, 2.45) is 0 Å². The fourth-order valence-electron chi connectivity index (χ4n) is 3.38. The number of piperidine rings is 1. The molecule has 1 amide bonds. The zero-order valence-corrected chi connectivity index (χ0v) is 15.9. The smallest absolute Gasteiger partial charge is 0.238 e. The lowest BCUT2D eigenvalue weighted by Crippen LogP contribution is -2.51.